The predicted octanol–water partition coefficient (Wildman–Crippen LogP) is -0.208. The maximum Gasteiger partial charge on any atom is 0.266 e. The Morgan fingerprint density at radius 2 is 2.00 bits per heavy atom. The molecule has 6 nitrogen and oxygen atoms in total. The summed E-state index contributed by atoms with van der Waals surface area (Å²) in [6.45, 7) is 3.45. The van der Waals surface area contributed by atoms with E-state index in [4.69, 9.17) is 4.55 Å². The zero-order valence-electron chi connectivity index (χ0n) is 8.28. The molecule has 0 rings (SSSR count). The highest BCUT2D eigenvalue weighted by atomic mass is 32.2. The second-order valence-corrected chi connectivity index (χ2v) is 4.77. The fourth-order valence-corrected chi connectivity index (χ4v) is 1.89. The fraction of sp³-hybridized carbons (Fsp3) is 0.714. The Morgan fingerprint density at radius 3 is 2.36 bits per heavy atom. The first-order chi connectivity index (χ1) is 5.77. The molecule has 0 aromatic rings. The maximum atomic E-state index is 10.5. The van der Waals surface area contributed by atoms with Gasteiger partial charge in [0.1, 0.15) is 5.94 Å². The van der Waals surface area contributed by atoms with Crippen LogP contribution < -0.4 is 11.5 Å². The molecule has 0 saturated carbocycles. The lowest BCUT2D eigenvalue weighted by Crippen LogP contribution is -2.45. The van der Waals surface area contributed by atoms with Gasteiger partial charge in [-0.25, -0.2) is 4.79 Å². The van der Waals surface area contributed by atoms with Crippen LogP contribution in [0.5, 0.6) is 0 Å². The van der Waals surface area contributed by atoms with Crippen LogP contribution in [0.3, 0.4) is 0 Å². The highest BCUT2D eigenvalue weighted by Crippen LogP contribution is 2.04. The summed E-state index contributed by atoms with van der Waals surface area (Å²) in [6, 6.07) is 0. The molecule has 0 unspecified atom stereocenters. The zero-order chi connectivity index (χ0) is 10.5. The lowest BCUT2D eigenvalue weighted by Gasteiger charge is -2.23. The maximum absolute atomic E-state index is 10.5. The van der Waals surface area contributed by atoms with E-state index in [9.17, 15) is 13.2 Å². The van der Waals surface area contributed by atoms with Crippen molar-refractivity contribution in [3.8, 4) is 0 Å². The van der Waals surface area contributed by atoms with Crippen LogP contribution in [0.1, 0.15) is 13.8 Å². The Balaban J connectivity index is 0. The molecular weight excluding hydrogens is 208 g/mol. The van der Waals surface area contributed by atoms with Crippen LogP contribution in [0.4, 0.5) is 0 Å². The minimum absolute atomic E-state index is 0. The molecule has 0 radical (unpaired) electrons. The lowest BCUT2D eigenvalue weighted by atomic mass is 10.1. The smallest absolute Gasteiger partial charge is 0.266 e. The molecule has 0 saturated heterocycles. The molecule has 0 heterocycles. The van der Waals surface area contributed by atoms with Gasteiger partial charge in [0.25, 0.3) is 10.1 Å². The molecule has 5 N–H and O–H groups in total. The van der Waals surface area contributed by atoms with Crippen LogP contribution in [-0.2, 0) is 14.9 Å². The molecule has 14 heavy (non-hydrogen) atoms. The van der Waals surface area contributed by atoms with Crippen molar-refractivity contribution in [1.82, 2.24) is 11.5 Å². The summed E-state index contributed by atoms with van der Waals surface area (Å²) in [5.41, 5.74) is -0.763. The normalized spacial score (nSPS) is 11.4. The monoisotopic (exact) mass is 224 g/mol. The SMILES string of the molecule is CC(C)(CS(=O)(=O)O)NCC=C=O.N. The second kappa shape index (κ2) is 5.90. The Labute approximate surface area is 83.7 Å². The summed E-state index contributed by atoms with van der Waals surface area (Å²) in [5.74, 6) is 1.16. The summed E-state index contributed by atoms with van der Waals surface area (Å²) in [7, 11) is -3.99. The van der Waals surface area contributed by atoms with Crippen molar-refractivity contribution >= 4 is 16.1 Å². The van der Waals surface area contributed by atoms with E-state index in [0.717, 1.165) is 0 Å². The van der Waals surface area contributed by atoms with E-state index < -0.39 is 21.4 Å². The summed E-state index contributed by atoms with van der Waals surface area (Å²) >= 11 is 0. The number of carbonyl (C=O) groups excluding carboxylic acids is 1. The Kier molecular flexibility index (Phi) is 6.63. The Hall–Kier alpha value is -0.720. The van der Waals surface area contributed by atoms with Crippen molar-refractivity contribution in [2.75, 3.05) is 12.3 Å². The first kappa shape index (κ1) is 15.7. The average Bonchev–Trinajstić information content (AvgIpc) is 1.81. The molecule has 0 bridgehead atoms. The number of rotatable bonds is 5. The minimum Gasteiger partial charge on any atom is -0.344 e. The molecule has 0 atom stereocenters. The Morgan fingerprint density at radius 1 is 1.50 bits per heavy atom. The minimum atomic E-state index is -3.99. The standard InChI is InChI=1S/C7H13NO4S.H3N/c1-7(2,6-13(10,11)12)8-4-3-5-9;/h3,8H,4,6H2,1-2H3,(H,10,11,12);1H3. The van der Waals surface area contributed by atoms with Gasteiger partial charge in [-0.2, -0.15) is 8.42 Å². The summed E-state index contributed by atoms with van der Waals surface area (Å²) < 4.78 is 29.6. The Bertz CT molecular complexity index is 304. The molecule has 0 aliphatic rings. The molecule has 0 aromatic heterocycles. The topological polar surface area (TPSA) is 118 Å². The van der Waals surface area contributed by atoms with Gasteiger partial charge in [0.2, 0.25) is 0 Å². The van der Waals surface area contributed by atoms with Gasteiger partial charge in [0.15, 0.2) is 0 Å². The van der Waals surface area contributed by atoms with Crippen LogP contribution in [0.25, 0.3) is 0 Å². The first-order valence-corrected chi connectivity index (χ1v) is 5.27. The summed E-state index contributed by atoms with van der Waals surface area (Å²) in [4.78, 5) is 9.79. The van der Waals surface area contributed by atoms with E-state index in [1.165, 1.54) is 6.08 Å². The molecule has 0 spiro atoms. The van der Waals surface area contributed by atoms with Crippen LogP contribution in [0.2, 0.25) is 0 Å². The fourth-order valence-electron chi connectivity index (χ4n) is 0.876. The van der Waals surface area contributed by atoms with E-state index in [2.05, 4.69) is 5.32 Å². The van der Waals surface area contributed by atoms with Gasteiger partial charge in [-0.3, -0.25) is 4.55 Å². The van der Waals surface area contributed by atoms with E-state index in [1.54, 1.807) is 19.8 Å². The van der Waals surface area contributed by atoms with Crippen molar-refractivity contribution in [2.45, 2.75) is 19.4 Å². The molecule has 0 fully saturated rings. The molecular formula is C7H16N2O4S. The largest absolute Gasteiger partial charge is 0.344 e. The van der Waals surface area contributed by atoms with Crippen molar-refractivity contribution in [1.29, 1.82) is 0 Å². The third-order valence-corrected chi connectivity index (χ3v) is 2.40. The molecule has 84 valence electrons. The lowest BCUT2D eigenvalue weighted by molar-refractivity contribution is 0.417. The van der Waals surface area contributed by atoms with Crippen molar-refractivity contribution < 1.29 is 17.8 Å². The van der Waals surface area contributed by atoms with Crippen LogP contribution in [-0.4, -0.2) is 36.7 Å². The average molecular weight is 224 g/mol. The van der Waals surface area contributed by atoms with Crippen molar-refractivity contribution in [3.63, 3.8) is 0 Å². The van der Waals surface area contributed by atoms with Gasteiger partial charge in [-0.15, -0.1) is 0 Å². The van der Waals surface area contributed by atoms with E-state index in [1.807, 2.05) is 0 Å². The van der Waals surface area contributed by atoms with Gasteiger partial charge >= 0.3 is 0 Å². The van der Waals surface area contributed by atoms with Crippen LogP contribution >= 0.6 is 0 Å². The van der Waals surface area contributed by atoms with Crippen molar-refractivity contribution in [2.24, 2.45) is 0 Å². The van der Waals surface area contributed by atoms with Gasteiger partial charge < -0.3 is 11.5 Å². The van der Waals surface area contributed by atoms with Gasteiger partial charge in [-0.1, -0.05) is 0 Å². The summed E-state index contributed by atoms with van der Waals surface area (Å²) in [5, 5.41) is 2.76. The molecule has 0 aliphatic heterocycles. The van der Waals surface area contributed by atoms with E-state index in [0.29, 0.717) is 0 Å². The second-order valence-electron chi connectivity index (χ2n) is 3.31. The van der Waals surface area contributed by atoms with Gasteiger partial charge in [0.05, 0.1) is 5.75 Å². The number of hydrogen-bond acceptors (Lipinski definition) is 5. The number of nitrogens with one attached hydrogen (secondary N) is 1. The van der Waals surface area contributed by atoms with Gasteiger partial charge in [-0.05, 0) is 13.8 Å². The predicted molar refractivity (Wildman–Crippen MR) is 53.8 cm³/mol. The van der Waals surface area contributed by atoms with E-state index >= 15 is 0 Å². The third-order valence-electron chi connectivity index (χ3n) is 1.31. The molecule has 0 aromatic carbocycles. The van der Waals surface area contributed by atoms with Crippen LogP contribution in [0, 0.1) is 0 Å². The quantitative estimate of drug-likeness (QED) is 0.439. The highest BCUT2D eigenvalue weighted by molar-refractivity contribution is 7.85. The molecule has 7 heteroatoms. The van der Waals surface area contributed by atoms with E-state index in [-0.39, 0.29) is 12.7 Å². The third kappa shape index (κ3) is 9.37. The van der Waals surface area contributed by atoms with Crippen LogP contribution in [0.15, 0.2) is 6.08 Å². The highest BCUT2D eigenvalue weighted by Gasteiger charge is 2.23. The number of hydrogen-bond donors (Lipinski definition) is 3. The van der Waals surface area contributed by atoms with Crippen molar-refractivity contribution in [3.05, 3.63) is 6.08 Å². The molecule has 0 amide bonds. The summed E-state index contributed by atoms with van der Waals surface area (Å²) in [6.07, 6.45) is 1.20. The first-order valence-electron chi connectivity index (χ1n) is 3.66. The molecule has 0 aliphatic carbocycles. The zero-order valence-corrected chi connectivity index (χ0v) is 9.10. The van der Waals surface area contributed by atoms with Gasteiger partial charge in [0, 0.05) is 18.2 Å².